The van der Waals surface area contributed by atoms with Crippen molar-refractivity contribution in [1.29, 1.82) is 5.26 Å². The summed E-state index contributed by atoms with van der Waals surface area (Å²) in [6, 6.07) is 6.09. The molecule has 0 unspecified atom stereocenters. The van der Waals surface area contributed by atoms with E-state index in [0.717, 1.165) is 16.3 Å². The molecule has 0 aliphatic carbocycles. The van der Waals surface area contributed by atoms with Gasteiger partial charge in [0, 0.05) is 23.3 Å². The highest BCUT2D eigenvalue weighted by atomic mass is 32.1. The maximum Gasteiger partial charge on any atom is 0.123 e. The third kappa shape index (κ3) is 1.95. The van der Waals surface area contributed by atoms with Crippen molar-refractivity contribution in [2.24, 2.45) is 0 Å². The van der Waals surface area contributed by atoms with E-state index in [2.05, 4.69) is 16.0 Å². The molecule has 2 aromatic rings. The van der Waals surface area contributed by atoms with Gasteiger partial charge < -0.3 is 0 Å². The van der Waals surface area contributed by atoms with Gasteiger partial charge in [0.25, 0.3) is 0 Å². The van der Waals surface area contributed by atoms with Crippen molar-refractivity contribution >= 4 is 11.3 Å². The highest BCUT2D eigenvalue weighted by molar-refractivity contribution is 7.13. The Kier molecular flexibility index (Phi) is 2.71. The van der Waals surface area contributed by atoms with Crippen LogP contribution in [0.3, 0.4) is 0 Å². The molecule has 0 aliphatic heterocycles. The molecule has 0 fully saturated rings. The maximum absolute atomic E-state index is 9.03. The lowest BCUT2D eigenvalue weighted by Gasteiger charge is -2.10. The fraction of sp³-hybridized carbons (Fsp3) is 0.250. The van der Waals surface area contributed by atoms with Gasteiger partial charge in [-0.3, -0.25) is 4.98 Å². The minimum Gasteiger partial charge on any atom is -0.265 e. The molecule has 3 nitrogen and oxygen atoms in total. The Morgan fingerprint density at radius 2 is 2.00 bits per heavy atom. The maximum atomic E-state index is 9.03. The van der Waals surface area contributed by atoms with Gasteiger partial charge in [-0.05, 0) is 26.0 Å². The summed E-state index contributed by atoms with van der Waals surface area (Å²) in [5, 5.41) is 11.9. The lowest BCUT2D eigenvalue weighted by Crippen LogP contribution is -2.14. The van der Waals surface area contributed by atoms with Gasteiger partial charge in [-0.15, -0.1) is 11.3 Å². The number of hydrogen-bond acceptors (Lipinski definition) is 4. The zero-order valence-electron chi connectivity index (χ0n) is 9.14. The first kappa shape index (κ1) is 10.8. The van der Waals surface area contributed by atoms with Crippen molar-refractivity contribution in [3.8, 4) is 16.6 Å². The minimum absolute atomic E-state index is 0.526. The molecule has 16 heavy (non-hydrogen) atoms. The van der Waals surface area contributed by atoms with Crippen molar-refractivity contribution in [3.05, 3.63) is 35.6 Å². The topological polar surface area (TPSA) is 49.6 Å². The van der Waals surface area contributed by atoms with Crippen LogP contribution in [0.25, 0.3) is 10.6 Å². The van der Waals surface area contributed by atoms with Crippen molar-refractivity contribution in [2.75, 3.05) is 0 Å². The first-order valence-electron chi connectivity index (χ1n) is 4.91. The molecule has 80 valence electrons. The quantitative estimate of drug-likeness (QED) is 0.795. The Morgan fingerprint density at radius 1 is 1.31 bits per heavy atom. The van der Waals surface area contributed by atoms with Gasteiger partial charge in [0.2, 0.25) is 0 Å². The fourth-order valence-electron chi connectivity index (χ4n) is 1.25. The summed E-state index contributed by atoms with van der Waals surface area (Å²) < 4.78 is 0. The highest BCUT2D eigenvalue weighted by Crippen LogP contribution is 2.29. The van der Waals surface area contributed by atoms with E-state index in [9.17, 15) is 0 Å². The number of nitriles is 1. The lowest BCUT2D eigenvalue weighted by atomic mass is 9.92. The summed E-state index contributed by atoms with van der Waals surface area (Å²) in [5.74, 6) is 0. The Bertz CT molecular complexity index is 523. The van der Waals surface area contributed by atoms with Crippen molar-refractivity contribution in [2.45, 2.75) is 19.3 Å². The third-order valence-corrected chi connectivity index (χ3v) is 3.24. The largest absolute Gasteiger partial charge is 0.265 e. The van der Waals surface area contributed by atoms with E-state index in [0.29, 0.717) is 0 Å². The average molecular weight is 229 g/mol. The number of aromatic nitrogens is 2. The molecule has 0 saturated heterocycles. The molecule has 0 atom stereocenters. The van der Waals surface area contributed by atoms with Gasteiger partial charge >= 0.3 is 0 Å². The van der Waals surface area contributed by atoms with E-state index in [1.807, 2.05) is 31.4 Å². The van der Waals surface area contributed by atoms with Crippen molar-refractivity contribution < 1.29 is 0 Å². The summed E-state index contributed by atoms with van der Waals surface area (Å²) in [7, 11) is 0. The van der Waals surface area contributed by atoms with Crippen LogP contribution in [0.4, 0.5) is 0 Å². The van der Waals surface area contributed by atoms with Gasteiger partial charge in [-0.2, -0.15) is 5.26 Å². The van der Waals surface area contributed by atoms with Gasteiger partial charge in [0.05, 0.1) is 17.2 Å². The molecular weight excluding hydrogens is 218 g/mol. The summed E-state index contributed by atoms with van der Waals surface area (Å²) >= 11 is 1.55. The third-order valence-electron chi connectivity index (χ3n) is 2.35. The van der Waals surface area contributed by atoms with Crippen LogP contribution in [0.2, 0.25) is 0 Å². The zero-order valence-corrected chi connectivity index (χ0v) is 9.95. The molecular formula is C12H11N3S. The molecule has 2 heterocycles. The summed E-state index contributed by atoms with van der Waals surface area (Å²) in [5.41, 5.74) is 1.34. The summed E-state index contributed by atoms with van der Waals surface area (Å²) in [6.07, 6.45) is 3.48. The average Bonchev–Trinajstić information content (AvgIpc) is 2.80. The van der Waals surface area contributed by atoms with E-state index >= 15 is 0 Å². The van der Waals surface area contributed by atoms with Crippen LogP contribution < -0.4 is 0 Å². The van der Waals surface area contributed by atoms with Crippen molar-refractivity contribution in [3.63, 3.8) is 0 Å². The molecule has 2 rings (SSSR count). The van der Waals surface area contributed by atoms with Crippen LogP contribution in [0.1, 0.15) is 19.5 Å². The first-order chi connectivity index (χ1) is 7.63. The van der Waals surface area contributed by atoms with E-state index < -0.39 is 5.41 Å². The van der Waals surface area contributed by atoms with Crippen LogP contribution in [-0.4, -0.2) is 9.97 Å². The molecule has 0 aromatic carbocycles. The van der Waals surface area contributed by atoms with Crippen LogP contribution in [0.5, 0.6) is 0 Å². The molecule has 0 aliphatic rings. The Balaban J connectivity index is 2.39. The standard InChI is InChI=1S/C12H11N3S/c1-12(2,8-13)10-7-16-11(15-10)9-3-5-14-6-4-9/h3-7H,1-2H3. The van der Waals surface area contributed by atoms with E-state index in [1.54, 1.807) is 23.7 Å². The SMILES string of the molecule is CC(C)(C#N)c1csc(-c2ccncc2)n1. The number of thiazole rings is 1. The monoisotopic (exact) mass is 229 g/mol. The van der Waals surface area contributed by atoms with Crippen molar-refractivity contribution in [1.82, 2.24) is 9.97 Å². The molecule has 0 saturated carbocycles. The lowest BCUT2D eigenvalue weighted by molar-refractivity contribution is 0.666. The number of pyridine rings is 1. The van der Waals surface area contributed by atoms with Crippen LogP contribution >= 0.6 is 11.3 Å². The highest BCUT2D eigenvalue weighted by Gasteiger charge is 2.23. The van der Waals surface area contributed by atoms with Crippen LogP contribution in [0.15, 0.2) is 29.9 Å². The van der Waals surface area contributed by atoms with E-state index in [1.165, 1.54) is 0 Å². The second-order valence-electron chi connectivity index (χ2n) is 4.01. The van der Waals surface area contributed by atoms with Gasteiger partial charge in [0.15, 0.2) is 0 Å². The first-order valence-corrected chi connectivity index (χ1v) is 5.79. The fourth-order valence-corrected chi connectivity index (χ4v) is 2.24. The zero-order chi connectivity index (χ0) is 11.6. The molecule has 4 heteroatoms. The second kappa shape index (κ2) is 4.03. The Hall–Kier alpha value is -1.73. The predicted octanol–water partition coefficient (Wildman–Crippen LogP) is 3.01. The molecule has 0 N–H and O–H groups in total. The van der Waals surface area contributed by atoms with E-state index in [-0.39, 0.29) is 0 Å². The van der Waals surface area contributed by atoms with E-state index in [4.69, 9.17) is 5.26 Å². The number of hydrogen-bond donors (Lipinski definition) is 0. The second-order valence-corrected chi connectivity index (χ2v) is 4.87. The summed E-state index contributed by atoms with van der Waals surface area (Å²) in [4.78, 5) is 8.46. The molecule has 0 spiro atoms. The van der Waals surface area contributed by atoms with Gasteiger partial charge in [-0.25, -0.2) is 4.98 Å². The number of rotatable bonds is 2. The van der Waals surface area contributed by atoms with Gasteiger partial charge in [0.1, 0.15) is 5.01 Å². The number of nitrogens with zero attached hydrogens (tertiary/aromatic N) is 3. The normalized spacial score (nSPS) is 11.1. The Labute approximate surface area is 98.4 Å². The Morgan fingerprint density at radius 3 is 2.62 bits per heavy atom. The molecule has 0 bridgehead atoms. The molecule has 2 aromatic heterocycles. The predicted molar refractivity (Wildman–Crippen MR) is 64.0 cm³/mol. The molecule has 0 amide bonds. The van der Waals surface area contributed by atoms with Gasteiger partial charge in [-0.1, -0.05) is 0 Å². The minimum atomic E-state index is -0.526. The van der Waals surface area contributed by atoms with Crippen LogP contribution in [-0.2, 0) is 5.41 Å². The smallest absolute Gasteiger partial charge is 0.123 e. The van der Waals surface area contributed by atoms with Crippen LogP contribution in [0, 0.1) is 11.3 Å². The molecule has 0 radical (unpaired) electrons. The summed E-state index contributed by atoms with van der Waals surface area (Å²) in [6.45, 7) is 3.75.